The van der Waals surface area contributed by atoms with Crippen molar-refractivity contribution < 1.29 is 51.2 Å². The van der Waals surface area contributed by atoms with E-state index in [1.165, 1.54) is 0 Å². The number of Topliss-reactive ketones (excluding diaryl/α,β-unsaturated/α-hetero) is 2. The van der Waals surface area contributed by atoms with Crippen LogP contribution >= 0.6 is 0 Å². The molecule has 2 aromatic rings. The fourth-order valence-corrected chi connectivity index (χ4v) is 9.91. The SMILES string of the molecule is CN1/C(=C/C2=C(NC(CS(=O)(=O)[O-])C(=O)NCCC(=O)NCC[NH+](C)CCCCCC(=O)CN3C(=O)CCC3=O)C(=C/C3=[N+](C)c4ccccc4C3(C)C)/C2=O)C(C)(C)c2ccccc21. The summed E-state index contributed by atoms with van der Waals surface area (Å²) in [5, 5.41) is 8.46. The van der Waals surface area contributed by atoms with Crippen LogP contribution in [-0.4, -0.2) is 129 Å². The highest BCUT2D eigenvalue weighted by Crippen LogP contribution is 2.48. The average molecular weight is 913 g/mol. The first-order valence-corrected chi connectivity index (χ1v) is 23.9. The van der Waals surface area contributed by atoms with E-state index in [4.69, 9.17) is 0 Å². The Morgan fingerprint density at radius 1 is 0.862 bits per heavy atom. The lowest BCUT2D eigenvalue weighted by atomic mass is 9.77. The second-order valence-electron chi connectivity index (χ2n) is 18.5. The minimum absolute atomic E-state index is 0.101. The summed E-state index contributed by atoms with van der Waals surface area (Å²) in [5.41, 5.74) is 5.40. The zero-order chi connectivity index (χ0) is 47.4. The van der Waals surface area contributed by atoms with Gasteiger partial charge in [-0.15, -0.1) is 0 Å². The fourth-order valence-electron chi connectivity index (χ4n) is 9.27. The van der Waals surface area contributed by atoms with Gasteiger partial charge in [0.2, 0.25) is 29.3 Å². The van der Waals surface area contributed by atoms with Crippen molar-refractivity contribution in [3.05, 3.63) is 94.4 Å². The molecule has 0 radical (unpaired) electrons. The highest BCUT2D eigenvalue weighted by Gasteiger charge is 2.46. The van der Waals surface area contributed by atoms with E-state index in [-0.39, 0.29) is 78.5 Å². The number of benzene rings is 2. The van der Waals surface area contributed by atoms with Crippen molar-refractivity contribution in [1.29, 1.82) is 0 Å². The van der Waals surface area contributed by atoms with Gasteiger partial charge < -0.3 is 30.3 Å². The van der Waals surface area contributed by atoms with Crippen molar-refractivity contribution in [2.45, 2.75) is 89.5 Å². The number of anilines is 1. The second kappa shape index (κ2) is 19.8. The summed E-state index contributed by atoms with van der Waals surface area (Å²) in [4.78, 5) is 80.7. The van der Waals surface area contributed by atoms with E-state index in [0.29, 0.717) is 25.9 Å². The normalized spacial score (nSPS) is 19.7. The first-order valence-electron chi connectivity index (χ1n) is 22.3. The standard InChI is InChI=1S/C48H61N7O9S/c1-47(2)34-16-10-12-18-37(34)53(6)39(47)27-32-44(33(45(32)60)28-40-48(3,4)35-17-11-13-19-38(35)54(40)7)51-36(30-65(62,63)64)46(61)50-23-22-41(57)49-24-26-52(5)25-14-8-9-15-31(56)29-55-42(58)20-21-43(55)59/h10-13,16-19,27-28,36H,8-9,14-15,20-26,29-30H2,1-7H3,(H3-,49,50,51,57,60,61,62,63,64)/p+1. The Morgan fingerprint density at radius 3 is 2.18 bits per heavy atom. The third kappa shape index (κ3) is 10.9. The number of hydrogen-bond donors (Lipinski definition) is 4. The maximum absolute atomic E-state index is 14.3. The molecule has 0 aromatic heterocycles. The molecule has 2 atom stereocenters. The molecule has 0 bridgehead atoms. The highest BCUT2D eigenvalue weighted by atomic mass is 32.2. The molecule has 348 valence electrons. The molecule has 4 aliphatic rings. The van der Waals surface area contributed by atoms with Gasteiger partial charge in [0.15, 0.2) is 17.3 Å². The van der Waals surface area contributed by atoms with Crippen LogP contribution < -0.4 is 25.8 Å². The third-order valence-corrected chi connectivity index (χ3v) is 13.8. The number of unbranched alkanes of at least 4 members (excludes halogenated alkanes) is 2. The van der Waals surface area contributed by atoms with Crippen molar-refractivity contribution in [3.63, 3.8) is 0 Å². The molecule has 3 heterocycles. The number of likely N-dealkylation sites (N-methyl/N-ethyl adjacent to an activating group) is 2. The number of nitrogens with zero attached hydrogens (tertiary/aromatic N) is 3. The molecule has 3 aliphatic heterocycles. The number of quaternary nitrogens is 1. The lowest BCUT2D eigenvalue weighted by molar-refractivity contribution is -0.878. The van der Waals surface area contributed by atoms with E-state index in [1.807, 2.05) is 79.1 Å². The quantitative estimate of drug-likeness (QED) is 0.0466. The minimum atomic E-state index is -4.96. The number of likely N-dealkylation sites (tertiary alicyclic amines) is 1. The van der Waals surface area contributed by atoms with Crippen molar-refractivity contribution in [3.8, 4) is 0 Å². The van der Waals surface area contributed by atoms with Gasteiger partial charge in [0.05, 0.1) is 65.8 Å². The Balaban J connectivity index is 1.08. The van der Waals surface area contributed by atoms with Crippen LogP contribution in [0.1, 0.15) is 83.8 Å². The smallest absolute Gasteiger partial charge is 0.243 e. The van der Waals surface area contributed by atoms with Gasteiger partial charge in [-0.1, -0.05) is 50.2 Å². The van der Waals surface area contributed by atoms with Gasteiger partial charge >= 0.3 is 0 Å². The Kier molecular flexibility index (Phi) is 14.8. The van der Waals surface area contributed by atoms with Gasteiger partial charge in [-0.25, -0.2) is 8.42 Å². The molecule has 4 amide bonds. The minimum Gasteiger partial charge on any atom is -0.748 e. The second-order valence-corrected chi connectivity index (χ2v) is 19.9. The number of imide groups is 1. The van der Waals surface area contributed by atoms with Crippen LogP contribution in [0.25, 0.3) is 0 Å². The van der Waals surface area contributed by atoms with Gasteiger partial charge in [-0.3, -0.25) is 33.7 Å². The number of carbonyl (C=O) groups is 6. The van der Waals surface area contributed by atoms with E-state index < -0.39 is 38.6 Å². The summed E-state index contributed by atoms with van der Waals surface area (Å²) in [5.74, 6) is -3.26. The van der Waals surface area contributed by atoms with Gasteiger partial charge in [0, 0.05) is 79.4 Å². The molecule has 2 aromatic carbocycles. The predicted molar refractivity (Wildman–Crippen MR) is 245 cm³/mol. The Hall–Kier alpha value is -5.78. The fraction of sp³-hybridized carbons (Fsp3) is 0.479. The molecule has 0 spiro atoms. The first kappa shape index (κ1) is 48.7. The average Bonchev–Trinajstić information content (AvgIpc) is 3.74. The molecule has 1 saturated heterocycles. The molecule has 65 heavy (non-hydrogen) atoms. The lowest BCUT2D eigenvalue weighted by Crippen LogP contribution is -3.09. The summed E-state index contributed by atoms with van der Waals surface area (Å²) >= 11 is 0. The van der Waals surface area contributed by atoms with E-state index in [0.717, 1.165) is 63.1 Å². The Labute approximate surface area is 381 Å². The number of ketones is 2. The van der Waals surface area contributed by atoms with Crippen LogP contribution in [0.5, 0.6) is 0 Å². The molecule has 6 rings (SSSR count). The Bertz CT molecular complexity index is 2500. The van der Waals surface area contributed by atoms with Gasteiger partial charge in [-0.2, -0.15) is 4.58 Å². The van der Waals surface area contributed by atoms with Gasteiger partial charge in [0.1, 0.15) is 13.1 Å². The van der Waals surface area contributed by atoms with Crippen LogP contribution in [0.2, 0.25) is 0 Å². The molecule has 1 aliphatic carbocycles. The van der Waals surface area contributed by atoms with Crippen molar-refractivity contribution in [2.75, 3.05) is 64.5 Å². The number of amides is 4. The molecular formula is C48H62N7O9S+. The zero-order valence-electron chi connectivity index (χ0n) is 38.5. The first-order chi connectivity index (χ1) is 30.6. The number of carbonyl (C=O) groups excluding carboxylic acids is 6. The summed E-state index contributed by atoms with van der Waals surface area (Å²) in [6.45, 7) is 9.74. The third-order valence-electron chi connectivity index (χ3n) is 13.1. The van der Waals surface area contributed by atoms with E-state index in [2.05, 4.69) is 43.6 Å². The molecule has 17 heteroatoms. The number of para-hydroxylation sites is 2. The molecule has 4 N–H and O–H groups in total. The van der Waals surface area contributed by atoms with Gasteiger partial charge in [0.25, 0.3) is 0 Å². The monoisotopic (exact) mass is 912 g/mol. The Morgan fingerprint density at radius 2 is 1.52 bits per heavy atom. The van der Waals surface area contributed by atoms with Crippen molar-refractivity contribution in [2.24, 2.45) is 0 Å². The van der Waals surface area contributed by atoms with Crippen LogP contribution in [-0.2, 0) is 49.7 Å². The van der Waals surface area contributed by atoms with Crippen LogP contribution in [0.4, 0.5) is 11.4 Å². The van der Waals surface area contributed by atoms with Crippen molar-refractivity contribution >= 4 is 62.4 Å². The summed E-state index contributed by atoms with van der Waals surface area (Å²) < 4.78 is 38.8. The van der Waals surface area contributed by atoms with Crippen LogP contribution in [0, 0.1) is 0 Å². The predicted octanol–water partition coefficient (Wildman–Crippen LogP) is 1.69. The van der Waals surface area contributed by atoms with Crippen molar-refractivity contribution in [1.82, 2.24) is 20.9 Å². The summed E-state index contributed by atoms with van der Waals surface area (Å²) in [6, 6.07) is 14.3. The zero-order valence-corrected chi connectivity index (χ0v) is 39.3. The number of nitrogens with one attached hydrogen (secondary N) is 4. The number of allylic oxidation sites excluding steroid dienone is 5. The van der Waals surface area contributed by atoms with E-state index in [9.17, 15) is 41.7 Å². The van der Waals surface area contributed by atoms with E-state index >= 15 is 0 Å². The molecule has 0 saturated carbocycles. The molecule has 1 fully saturated rings. The number of hydrogen-bond acceptors (Lipinski definition) is 11. The van der Waals surface area contributed by atoms with Crippen LogP contribution in [0.15, 0.2) is 83.2 Å². The summed E-state index contributed by atoms with van der Waals surface area (Å²) in [6.07, 6.45) is 6.38. The lowest BCUT2D eigenvalue weighted by Gasteiger charge is -2.32. The topological polar surface area (TPSA) is 210 Å². The van der Waals surface area contributed by atoms with E-state index in [1.54, 1.807) is 12.2 Å². The molecule has 2 unspecified atom stereocenters. The largest absolute Gasteiger partial charge is 0.748 e. The number of fused-ring (bicyclic) bond motifs is 2. The number of rotatable bonds is 21. The maximum Gasteiger partial charge on any atom is 0.243 e. The van der Waals surface area contributed by atoms with Crippen LogP contribution in [0.3, 0.4) is 0 Å². The highest BCUT2D eigenvalue weighted by molar-refractivity contribution is 7.85. The summed E-state index contributed by atoms with van der Waals surface area (Å²) in [7, 11) is 0.854. The molecular weight excluding hydrogens is 851 g/mol. The van der Waals surface area contributed by atoms with Gasteiger partial charge in [-0.05, 0) is 50.8 Å². The maximum atomic E-state index is 14.3. The molecule has 16 nitrogen and oxygen atoms in total.